The maximum absolute atomic E-state index is 13.1. The molecule has 2 aliphatic rings. The SMILES string of the molecule is C[C@@H]1CCCN(C(=O)c2cn(C3CC3)cc(C(=O)NCc3ccccc3)c2=O)C1. The molecule has 2 aromatic rings. The third-order valence-electron chi connectivity index (χ3n) is 5.73. The van der Waals surface area contributed by atoms with Crippen molar-refractivity contribution in [2.24, 2.45) is 5.92 Å². The highest BCUT2D eigenvalue weighted by molar-refractivity contribution is 5.99. The number of nitrogens with zero attached hydrogens (tertiary/aromatic N) is 2. The lowest BCUT2D eigenvalue weighted by Gasteiger charge is -2.31. The Labute approximate surface area is 170 Å². The van der Waals surface area contributed by atoms with Gasteiger partial charge in [-0.2, -0.15) is 0 Å². The third kappa shape index (κ3) is 4.42. The van der Waals surface area contributed by atoms with E-state index in [-0.39, 0.29) is 23.1 Å². The fourth-order valence-electron chi connectivity index (χ4n) is 3.91. The van der Waals surface area contributed by atoms with Crippen LogP contribution >= 0.6 is 0 Å². The van der Waals surface area contributed by atoms with Crippen molar-refractivity contribution in [1.82, 2.24) is 14.8 Å². The highest BCUT2D eigenvalue weighted by atomic mass is 16.2. The molecular formula is C23H27N3O3. The van der Waals surface area contributed by atoms with Crippen LogP contribution in [0.25, 0.3) is 0 Å². The molecule has 0 unspecified atom stereocenters. The number of carbonyl (C=O) groups excluding carboxylic acids is 2. The Morgan fingerprint density at radius 1 is 1.07 bits per heavy atom. The molecule has 2 amide bonds. The molecule has 0 spiro atoms. The molecule has 1 saturated carbocycles. The highest BCUT2D eigenvalue weighted by Gasteiger charge is 2.29. The molecule has 0 radical (unpaired) electrons. The van der Waals surface area contributed by atoms with Gasteiger partial charge in [0.2, 0.25) is 5.43 Å². The second kappa shape index (κ2) is 8.23. The molecule has 1 N–H and O–H groups in total. The minimum Gasteiger partial charge on any atom is -0.349 e. The normalized spacial score (nSPS) is 19.1. The minimum atomic E-state index is -0.476. The van der Waals surface area contributed by atoms with Crippen molar-refractivity contribution < 1.29 is 9.59 Å². The first-order valence-corrected chi connectivity index (χ1v) is 10.4. The van der Waals surface area contributed by atoms with Crippen LogP contribution in [-0.4, -0.2) is 34.4 Å². The molecule has 1 aromatic carbocycles. The second-order valence-corrected chi connectivity index (χ2v) is 8.26. The van der Waals surface area contributed by atoms with Crippen molar-refractivity contribution in [2.75, 3.05) is 13.1 Å². The number of hydrogen-bond donors (Lipinski definition) is 1. The van der Waals surface area contributed by atoms with Gasteiger partial charge in [0.1, 0.15) is 11.1 Å². The molecule has 29 heavy (non-hydrogen) atoms. The van der Waals surface area contributed by atoms with Crippen LogP contribution in [-0.2, 0) is 6.54 Å². The molecule has 1 aromatic heterocycles. The van der Waals surface area contributed by atoms with Crippen molar-refractivity contribution in [1.29, 1.82) is 0 Å². The molecule has 4 rings (SSSR count). The van der Waals surface area contributed by atoms with E-state index in [1.54, 1.807) is 17.3 Å². The smallest absolute Gasteiger partial charge is 0.259 e. The predicted molar refractivity (Wildman–Crippen MR) is 111 cm³/mol. The van der Waals surface area contributed by atoms with Crippen molar-refractivity contribution in [3.63, 3.8) is 0 Å². The number of pyridine rings is 1. The van der Waals surface area contributed by atoms with Gasteiger partial charge in [-0.1, -0.05) is 37.3 Å². The molecule has 6 heteroatoms. The van der Waals surface area contributed by atoms with Crippen molar-refractivity contribution >= 4 is 11.8 Å². The Morgan fingerprint density at radius 3 is 2.48 bits per heavy atom. The molecule has 152 valence electrons. The maximum Gasteiger partial charge on any atom is 0.259 e. The number of carbonyl (C=O) groups is 2. The summed E-state index contributed by atoms with van der Waals surface area (Å²) in [5, 5.41) is 2.82. The van der Waals surface area contributed by atoms with E-state index in [0.717, 1.165) is 31.2 Å². The van der Waals surface area contributed by atoms with Crippen LogP contribution in [0.4, 0.5) is 0 Å². The summed E-state index contributed by atoms with van der Waals surface area (Å²) >= 11 is 0. The summed E-state index contributed by atoms with van der Waals surface area (Å²) in [7, 11) is 0. The summed E-state index contributed by atoms with van der Waals surface area (Å²) in [4.78, 5) is 40.7. The molecular weight excluding hydrogens is 366 g/mol. The molecule has 1 aliphatic carbocycles. The maximum atomic E-state index is 13.1. The fourth-order valence-corrected chi connectivity index (χ4v) is 3.91. The van der Waals surface area contributed by atoms with Gasteiger partial charge in [0.25, 0.3) is 11.8 Å². The summed E-state index contributed by atoms with van der Waals surface area (Å²) in [6, 6.07) is 9.82. The molecule has 1 aliphatic heterocycles. The minimum absolute atomic E-state index is 0.0451. The van der Waals surface area contributed by atoms with E-state index in [9.17, 15) is 14.4 Å². The van der Waals surface area contributed by atoms with E-state index < -0.39 is 11.3 Å². The zero-order valence-corrected chi connectivity index (χ0v) is 16.8. The number of hydrogen-bond acceptors (Lipinski definition) is 3. The van der Waals surface area contributed by atoms with Gasteiger partial charge in [-0.15, -0.1) is 0 Å². The van der Waals surface area contributed by atoms with E-state index >= 15 is 0 Å². The van der Waals surface area contributed by atoms with Crippen LogP contribution in [0.2, 0.25) is 0 Å². The van der Waals surface area contributed by atoms with Gasteiger partial charge in [0, 0.05) is 38.1 Å². The van der Waals surface area contributed by atoms with Crippen molar-refractivity contribution in [2.45, 2.75) is 45.2 Å². The molecule has 1 saturated heterocycles. The number of nitrogens with one attached hydrogen (secondary N) is 1. The Hall–Kier alpha value is -2.89. The number of benzene rings is 1. The quantitative estimate of drug-likeness (QED) is 0.849. The highest BCUT2D eigenvalue weighted by Crippen LogP contribution is 2.34. The molecule has 0 bridgehead atoms. The van der Waals surface area contributed by atoms with Crippen molar-refractivity contribution in [3.05, 3.63) is 69.6 Å². The van der Waals surface area contributed by atoms with E-state index in [0.29, 0.717) is 25.6 Å². The van der Waals surface area contributed by atoms with Gasteiger partial charge in [0.05, 0.1) is 0 Å². The summed E-state index contributed by atoms with van der Waals surface area (Å²) in [6.07, 6.45) is 7.30. The van der Waals surface area contributed by atoms with Crippen molar-refractivity contribution in [3.8, 4) is 0 Å². The van der Waals surface area contributed by atoms with E-state index in [1.807, 2.05) is 34.9 Å². The summed E-state index contributed by atoms with van der Waals surface area (Å²) in [6.45, 7) is 3.78. The first kappa shape index (κ1) is 19.4. The Morgan fingerprint density at radius 2 is 1.79 bits per heavy atom. The fraction of sp³-hybridized carbons (Fsp3) is 0.435. The Balaban J connectivity index is 1.60. The number of aromatic nitrogens is 1. The monoisotopic (exact) mass is 393 g/mol. The van der Waals surface area contributed by atoms with Crippen LogP contribution in [0.15, 0.2) is 47.5 Å². The summed E-state index contributed by atoms with van der Waals surface area (Å²) < 4.78 is 1.87. The van der Waals surface area contributed by atoms with E-state index in [4.69, 9.17) is 0 Å². The van der Waals surface area contributed by atoms with Crippen LogP contribution in [0.1, 0.15) is 64.9 Å². The summed E-state index contributed by atoms with van der Waals surface area (Å²) in [5.41, 5.74) is 0.635. The number of likely N-dealkylation sites (tertiary alicyclic amines) is 1. The lowest BCUT2D eigenvalue weighted by Crippen LogP contribution is -2.42. The standard InChI is InChI=1S/C23H27N3O3/c1-16-6-5-11-25(13-16)23(29)20-15-26(18-9-10-18)14-19(21(20)27)22(28)24-12-17-7-3-2-4-8-17/h2-4,7-8,14-16,18H,5-6,9-13H2,1H3,(H,24,28)/t16-/m1/s1. The largest absolute Gasteiger partial charge is 0.349 e. The van der Waals surface area contributed by atoms with Gasteiger partial charge >= 0.3 is 0 Å². The lowest BCUT2D eigenvalue weighted by atomic mass is 9.99. The first-order valence-electron chi connectivity index (χ1n) is 10.4. The van der Waals surface area contributed by atoms with Gasteiger partial charge in [-0.25, -0.2) is 0 Å². The van der Waals surface area contributed by atoms with Crippen LogP contribution in [0.3, 0.4) is 0 Å². The Bertz CT molecular complexity index is 963. The lowest BCUT2D eigenvalue weighted by molar-refractivity contribution is 0.0680. The topological polar surface area (TPSA) is 71.4 Å². The molecule has 2 fully saturated rings. The van der Waals surface area contributed by atoms with Crippen LogP contribution in [0, 0.1) is 5.92 Å². The van der Waals surface area contributed by atoms with Crippen LogP contribution in [0.5, 0.6) is 0 Å². The van der Waals surface area contributed by atoms with Gasteiger partial charge in [0.15, 0.2) is 0 Å². The van der Waals surface area contributed by atoms with E-state index in [2.05, 4.69) is 12.2 Å². The van der Waals surface area contributed by atoms with Gasteiger partial charge in [-0.05, 0) is 37.2 Å². The zero-order valence-electron chi connectivity index (χ0n) is 16.8. The van der Waals surface area contributed by atoms with E-state index in [1.165, 1.54) is 0 Å². The zero-order chi connectivity index (χ0) is 20.4. The average Bonchev–Trinajstić information content (AvgIpc) is 3.58. The molecule has 6 nitrogen and oxygen atoms in total. The Kier molecular flexibility index (Phi) is 5.51. The molecule has 1 atom stereocenters. The third-order valence-corrected chi connectivity index (χ3v) is 5.73. The number of amides is 2. The number of rotatable bonds is 5. The second-order valence-electron chi connectivity index (χ2n) is 8.26. The molecule has 2 heterocycles. The number of piperidine rings is 1. The van der Waals surface area contributed by atoms with Gasteiger partial charge in [-0.3, -0.25) is 14.4 Å². The summed E-state index contributed by atoms with van der Waals surface area (Å²) in [5.74, 6) is -0.265. The van der Waals surface area contributed by atoms with Crippen LogP contribution < -0.4 is 10.7 Å². The average molecular weight is 393 g/mol. The predicted octanol–water partition coefficient (Wildman–Crippen LogP) is 2.99. The first-order chi connectivity index (χ1) is 14.0. The van der Waals surface area contributed by atoms with Gasteiger partial charge < -0.3 is 14.8 Å².